The summed E-state index contributed by atoms with van der Waals surface area (Å²) in [6.45, 7) is 1.90. The predicted molar refractivity (Wildman–Crippen MR) is 79.5 cm³/mol. The molecule has 0 saturated heterocycles. The van der Waals surface area contributed by atoms with Gasteiger partial charge in [-0.25, -0.2) is 19.9 Å². The quantitative estimate of drug-likeness (QED) is 0.577. The molecule has 0 aliphatic carbocycles. The van der Waals surface area contributed by atoms with Gasteiger partial charge in [-0.15, -0.1) is 0 Å². The average Bonchev–Trinajstić information content (AvgIpc) is 2.92. The first-order valence-corrected chi connectivity index (χ1v) is 6.54. The number of para-hydroxylation sites is 1. The number of benzene rings is 1. The molecule has 21 heavy (non-hydrogen) atoms. The highest BCUT2D eigenvalue weighted by atomic mass is 16.1. The van der Waals surface area contributed by atoms with Gasteiger partial charge in [0.1, 0.15) is 5.52 Å². The van der Waals surface area contributed by atoms with E-state index in [0.717, 1.165) is 16.8 Å². The van der Waals surface area contributed by atoms with Gasteiger partial charge in [0, 0.05) is 17.1 Å². The lowest BCUT2D eigenvalue weighted by atomic mass is 10.2. The van der Waals surface area contributed by atoms with E-state index < -0.39 is 0 Å². The fourth-order valence-corrected chi connectivity index (χ4v) is 2.45. The molecule has 102 valence electrons. The number of fused-ring (bicyclic) bond motifs is 3. The second-order valence-corrected chi connectivity index (χ2v) is 4.80. The lowest BCUT2D eigenvalue weighted by Gasteiger charge is -2.04. The molecule has 0 unspecified atom stereocenters. The number of nitrogens with zero attached hydrogens (tertiary/aromatic N) is 4. The summed E-state index contributed by atoms with van der Waals surface area (Å²) in [4.78, 5) is 20.2. The summed E-state index contributed by atoms with van der Waals surface area (Å²) in [7, 11) is 0. The molecule has 3 heterocycles. The largest absolute Gasteiger partial charge is 0.270 e. The maximum absolute atomic E-state index is 11.5. The zero-order valence-electron chi connectivity index (χ0n) is 11.2. The molecule has 1 aromatic carbocycles. The number of nitrogens with one attached hydrogen (secondary N) is 1. The molecule has 0 aliphatic rings. The van der Waals surface area contributed by atoms with Gasteiger partial charge >= 0.3 is 0 Å². The zero-order chi connectivity index (χ0) is 14.4. The molecular formula is C15H11N5O. The molecule has 0 amide bonds. The van der Waals surface area contributed by atoms with E-state index in [1.165, 1.54) is 6.07 Å². The number of aromatic nitrogens is 5. The van der Waals surface area contributed by atoms with Gasteiger partial charge in [0.2, 0.25) is 0 Å². The van der Waals surface area contributed by atoms with Crippen molar-refractivity contribution in [2.45, 2.75) is 6.92 Å². The van der Waals surface area contributed by atoms with Crippen LogP contribution in [0.4, 0.5) is 0 Å². The van der Waals surface area contributed by atoms with E-state index >= 15 is 0 Å². The molecule has 6 nitrogen and oxygen atoms in total. The Bertz CT molecular complexity index is 1020. The van der Waals surface area contributed by atoms with Gasteiger partial charge in [0.15, 0.2) is 11.2 Å². The van der Waals surface area contributed by atoms with Crippen LogP contribution in [-0.4, -0.2) is 25.0 Å². The molecule has 1 N–H and O–H groups in total. The molecule has 0 fully saturated rings. The van der Waals surface area contributed by atoms with Crippen LogP contribution in [0.15, 0.2) is 47.3 Å². The SMILES string of the molecule is Cc1nc2c(n[nH]n2-c2ccccc2)c2nc(=O)ccc12. The van der Waals surface area contributed by atoms with Crippen molar-refractivity contribution in [2.75, 3.05) is 0 Å². The summed E-state index contributed by atoms with van der Waals surface area (Å²) in [5, 5.41) is 8.05. The van der Waals surface area contributed by atoms with Gasteiger partial charge in [0.05, 0.1) is 5.69 Å². The third-order valence-electron chi connectivity index (χ3n) is 3.46. The van der Waals surface area contributed by atoms with Crippen molar-refractivity contribution < 1.29 is 0 Å². The van der Waals surface area contributed by atoms with Crippen LogP contribution in [0.3, 0.4) is 0 Å². The van der Waals surface area contributed by atoms with Gasteiger partial charge in [0.25, 0.3) is 5.56 Å². The van der Waals surface area contributed by atoms with Crippen LogP contribution in [0.5, 0.6) is 0 Å². The van der Waals surface area contributed by atoms with E-state index in [1.54, 1.807) is 10.7 Å². The second kappa shape index (κ2) is 4.24. The van der Waals surface area contributed by atoms with Crippen LogP contribution < -0.4 is 5.56 Å². The molecule has 4 rings (SSSR count). The summed E-state index contributed by atoms with van der Waals surface area (Å²) in [5.74, 6) is 0. The maximum atomic E-state index is 11.5. The predicted octanol–water partition coefficient (Wildman–Crippen LogP) is 1.97. The van der Waals surface area contributed by atoms with Crippen LogP contribution in [0.25, 0.3) is 27.8 Å². The minimum absolute atomic E-state index is 0.274. The summed E-state index contributed by atoms with van der Waals surface area (Å²) >= 11 is 0. The fraction of sp³-hybridized carbons (Fsp3) is 0.0667. The second-order valence-electron chi connectivity index (χ2n) is 4.80. The number of aryl methyl sites for hydroxylation is 1. The Morgan fingerprint density at radius 1 is 1.00 bits per heavy atom. The van der Waals surface area contributed by atoms with Crippen LogP contribution in [0.2, 0.25) is 0 Å². The molecule has 0 saturated carbocycles. The van der Waals surface area contributed by atoms with Gasteiger partial charge in [-0.05, 0) is 25.1 Å². The van der Waals surface area contributed by atoms with Crippen molar-refractivity contribution in [1.29, 1.82) is 0 Å². The van der Waals surface area contributed by atoms with Crippen LogP contribution in [-0.2, 0) is 0 Å². The van der Waals surface area contributed by atoms with E-state index in [2.05, 4.69) is 20.3 Å². The minimum atomic E-state index is -0.274. The molecule has 0 spiro atoms. The first kappa shape index (κ1) is 11.8. The van der Waals surface area contributed by atoms with E-state index in [4.69, 9.17) is 0 Å². The molecule has 0 atom stereocenters. The van der Waals surface area contributed by atoms with Crippen LogP contribution in [0, 0.1) is 6.92 Å². The van der Waals surface area contributed by atoms with Crippen molar-refractivity contribution in [3.8, 4) is 5.69 Å². The van der Waals surface area contributed by atoms with Gasteiger partial charge in [-0.2, -0.15) is 5.10 Å². The molecule has 6 heteroatoms. The average molecular weight is 277 g/mol. The highest BCUT2D eigenvalue weighted by Crippen LogP contribution is 2.23. The smallest absolute Gasteiger partial charge is 0.267 e. The number of hydrogen-bond acceptors (Lipinski definition) is 4. The van der Waals surface area contributed by atoms with Crippen molar-refractivity contribution in [1.82, 2.24) is 25.0 Å². The van der Waals surface area contributed by atoms with E-state index in [1.807, 2.05) is 37.3 Å². The first-order chi connectivity index (χ1) is 10.2. The number of pyridine rings is 2. The van der Waals surface area contributed by atoms with E-state index in [0.29, 0.717) is 16.7 Å². The molecule has 0 aliphatic heterocycles. The van der Waals surface area contributed by atoms with E-state index in [-0.39, 0.29) is 5.56 Å². The molecule has 4 aromatic rings. The Labute approximate surface area is 119 Å². The van der Waals surface area contributed by atoms with Crippen LogP contribution in [0.1, 0.15) is 5.69 Å². The Kier molecular flexibility index (Phi) is 2.38. The summed E-state index contributed by atoms with van der Waals surface area (Å²) in [6.07, 6.45) is 0. The zero-order valence-corrected chi connectivity index (χ0v) is 11.2. The van der Waals surface area contributed by atoms with Crippen molar-refractivity contribution in [3.05, 3.63) is 58.5 Å². The summed E-state index contributed by atoms with van der Waals surface area (Å²) in [5.41, 5.74) is 3.29. The highest BCUT2D eigenvalue weighted by molar-refractivity contribution is 6.00. The molecule has 0 radical (unpaired) electrons. The Morgan fingerprint density at radius 3 is 2.62 bits per heavy atom. The van der Waals surface area contributed by atoms with Gasteiger partial charge < -0.3 is 0 Å². The molecular weight excluding hydrogens is 266 g/mol. The van der Waals surface area contributed by atoms with Gasteiger partial charge in [-0.1, -0.05) is 18.2 Å². The number of H-pyrrole nitrogens is 1. The Morgan fingerprint density at radius 2 is 1.81 bits per heavy atom. The minimum Gasteiger partial charge on any atom is -0.267 e. The van der Waals surface area contributed by atoms with E-state index in [9.17, 15) is 4.79 Å². The standard InChI is InChI=1S/C15H11N5O/c1-9-11-7-8-12(21)17-13(11)14-15(16-9)20(19-18-14)10-5-3-2-4-6-10/h2-8,19H,1H3. The lowest BCUT2D eigenvalue weighted by Crippen LogP contribution is -2.04. The molecule has 3 aromatic heterocycles. The normalized spacial score (nSPS) is 11.3. The Hall–Kier alpha value is -3.02. The topological polar surface area (TPSA) is 76.5 Å². The summed E-state index contributed by atoms with van der Waals surface area (Å²) < 4.78 is 1.78. The van der Waals surface area contributed by atoms with Crippen LogP contribution >= 0.6 is 0 Å². The highest BCUT2D eigenvalue weighted by Gasteiger charge is 2.13. The fourth-order valence-electron chi connectivity index (χ4n) is 2.45. The Balaban J connectivity index is 2.14. The lowest BCUT2D eigenvalue weighted by molar-refractivity contribution is 0.816. The van der Waals surface area contributed by atoms with Gasteiger partial charge in [-0.3, -0.25) is 4.79 Å². The molecule has 0 bridgehead atoms. The number of aromatic amines is 1. The third kappa shape index (κ3) is 1.73. The van der Waals surface area contributed by atoms with Crippen molar-refractivity contribution in [2.24, 2.45) is 0 Å². The van der Waals surface area contributed by atoms with Crippen molar-refractivity contribution in [3.63, 3.8) is 0 Å². The third-order valence-corrected chi connectivity index (χ3v) is 3.46. The number of rotatable bonds is 1. The summed E-state index contributed by atoms with van der Waals surface area (Å²) in [6, 6.07) is 12.9. The maximum Gasteiger partial charge on any atom is 0.270 e. The first-order valence-electron chi connectivity index (χ1n) is 6.54. The van der Waals surface area contributed by atoms with Crippen molar-refractivity contribution >= 4 is 22.1 Å². The monoisotopic (exact) mass is 277 g/mol. The number of hydrogen-bond donors (Lipinski definition) is 1.